The molecule has 0 heterocycles. The van der Waals surface area contributed by atoms with E-state index < -0.39 is 7.60 Å². The van der Waals surface area contributed by atoms with Gasteiger partial charge in [0.05, 0.1) is 6.16 Å². The van der Waals surface area contributed by atoms with Crippen LogP contribution in [0.5, 0.6) is 0 Å². The van der Waals surface area contributed by atoms with Crippen LogP contribution < -0.4 is 0 Å². The molecule has 0 rings (SSSR count). The Hall–Kier alpha value is -0.180. The molecule has 0 aromatic carbocycles. The van der Waals surface area contributed by atoms with Gasteiger partial charge in [0.15, 0.2) is 0 Å². The second kappa shape index (κ2) is 4.00. The van der Waals surface area contributed by atoms with Crippen molar-refractivity contribution in [1.29, 1.82) is 0 Å². The summed E-state index contributed by atoms with van der Waals surface area (Å²) in [5.41, 5.74) is 0. The second-order valence-electron chi connectivity index (χ2n) is 2.76. The molecule has 0 aliphatic carbocycles. The first-order chi connectivity index (χ1) is 4.83. The van der Waals surface area contributed by atoms with Gasteiger partial charge in [-0.2, -0.15) is 0 Å². The highest BCUT2D eigenvalue weighted by Crippen LogP contribution is 2.35. The minimum Gasteiger partial charge on any atom is -0.324 e. The van der Waals surface area contributed by atoms with Crippen molar-refractivity contribution in [3.8, 4) is 0 Å². The molecule has 0 saturated carbocycles. The zero-order chi connectivity index (χ0) is 9.07. The van der Waals surface area contributed by atoms with Gasteiger partial charge in [-0.05, 0) is 0 Å². The van der Waals surface area contributed by atoms with E-state index >= 15 is 0 Å². The molecule has 0 bridgehead atoms. The van der Waals surface area contributed by atoms with Crippen molar-refractivity contribution in [3.63, 3.8) is 0 Å². The lowest BCUT2D eigenvalue weighted by atomic mass is 10.1. The van der Waals surface area contributed by atoms with Gasteiger partial charge in [0.2, 0.25) is 0 Å². The van der Waals surface area contributed by atoms with Crippen LogP contribution in [0.2, 0.25) is 0 Å². The normalized spacial score (nSPS) is 12.1. The standard InChI is InChI=1S/C6H13O4P/c1-5(2)6(7)3-4-11(8,9)10/h5H,3-4H2,1-2H3,(H2,8,9,10). The van der Waals surface area contributed by atoms with E-state index in [9.17, 15) is 9.36 Å². The molecule has 0 unspecified atom stereocenters. The van der Waals surface area contributed by atoms with Crippen LogP contribution in [-0.4, -0.2) is 21.7 Å². The lowest BCUT2D eigenvalue weighted by Crippen LogP contribution is -2.08. The van der Waals surface area contributed by atoms with Gasteiger partial charge in [-0.15, -0.1) is 0 Å². The van der Waals surface area contributed by atoms with E-state index in [4.69, 9.17) is 9.79 Å². The number of ketones is 1. The van der Waals surface area contributed by atoms with Crippen molar-refractivity contribution >= 4 is 13.4 Å². The molecular weight excluding hydrogens is 167 g/mol. The summed E-state index contributed by atoms with van der Waals surface area (Å²) in [6, 6.07) is 0. The van der Waals surface area contributed by atoms with Gasteiger partial charge in [0.1, 0.15) is 5.78 Å². The Labute approximate surface area is 65.8 Å². The minimum atomic E-state index is -3.98. The highest BCUT2D eigenvalue weighted by Gasteiger charge is 2.16. The minimum absolute atomic E-state index is 0.0258. The first-order valence-electron chi connectivity index (χ1n) is 3.40. The summed E-state index contributed by atoms with van der Waals surface area (Å²) in [5.74, 6) is -0.241. The largest absolute Gasteiger partial charge is 0.326 e. The Kier molecular flexibility index (Phi) is 3.93. The van der Waals surface area contributed by atoms with Crippen molar-refractivity contribution in [2.45, 2.75) is 20.3 Å². The average molecular weight is 180 g/mol. The average Bonchev–Trinajstić information content (AvgIpc) is 1.80. The Morgan fingerprint density at radius 2 is 1.91 bits per heavy atom. The molecule has 0 aliphatic heterocycles. The zero-order valence-electron chi connectivity index (χ0n) is 6.65. The Bertz CT molecular complexity index is 181. The molecule has 5 heteroatoms. The van der Waals surface area contributed by atoms with E-state index in [0.29, 0.717) is 0 Å². The molecule has 2 N–H and O–H groups in total. The number of hydrogen-bond acceptors (Lipinski definition) is 2. The number of Topliss-reactive ketones (excluding diaryl/α,β-unsaturated/α-hetero) is 1. The van der Waals surface area contributed by atoms with Gasteiger partial charge in [0.25, 0.3) is 0 Å². The van der Waals surface area contributed by atoms with Crippen molar-refractivity contribution in [2.75, 3.05) is 6.16 Å². The predicted molar refractivity (Wildman–Crippen MR) is 41.4 cm³/mol. The SMILES string of the molecule is CC(C)C(=O)CCP(=O)(O)O. The fourth-order valence-electron chi connectivity index (χ4n) is 0.545. The smallest absolute Gasteiger partial charge is 0.324 e. The molecule has 11 heavy (non-hydrogen) atoms. The third-order valence-electron chi connectivity index (χ3n) is 1.29. The summed E-state index contributed by atoms with van der Waals surface area (Å²) in [7, 11) is -3.98. The van der Waals surface area contributed by atoms with Crippen LogP contribution in [0, 0.1) is 5.92 Å². The van der Waals surface area contributed by atoms with E-state index in [1.165, 1.54) is 0 Å². The van der Waals surface area contributed by atoms with E-state index in [1.54, 1.807) is 13.8 Å². The Balaban J connectivity index is 3.73. The van der Waals surface area contributed by atoms with Gasteiger partial charge in [-0.3, -0.25) is 9.36 Å². The molecule has 0 spiro atoms. The molecule has 0 aromatic heterocycles. The maximum Gasteiger partial charge on any atom is 0.326 e. The number of hydrogen-bond donors (Lipinski definition) is 2. The third-order valence-corrected chi connectivity index (χ3v) is 2.10. The lowest BCUT2D eigenvalue weighted by molar-refractivity contribution is -0.121. The van der Waals surface area contributed by atoms with Crippen LogP contribution in [0.25, 0.3) is 0 Å². The van der Waals surface area contributed by atoms with E-state index in [0.717, 1.165) is 0 Å². The Morgan fingerprint density at radius 1 is 1.45 bits per heavy atom. The van der Waals surface area contributed by atoms with Crippen LogP contribution in [0.1, 0.15) is 20.3 Å². The van der Waals surface area contributed by atoms with Crippen molar-refractivity contribution in [2.24, 2.45) is 5.92 Å². The maximum atomic E-state index is 10.8. The fraction of sp³-hybridized carbons (Fsp3) is 0.833. The van der Waals surface area contributed by atoms with Crippen molar-refractivity contribution in [1.82, 2.24) is 0 Å². The van der Waals surface area contributed by atoms with Crippen LogP contribution in [0.15, 0.2) is 0 Å². The van der Waals surface area contributed by atoms with Gasteiger partial charge in [-0.1, -0.05) is 13.8 Å². The Morgan fingerprint density at radius 3 is 2.18 bits per heavy atom. The molecule has 0 amide bonds. The van der Waals surface area contributed by atoms with E-state index in [1.807, 2.05) is 0 Å². The lowest BCUT2D eigenvalue weighted by Gasteiger charge is -2.04. The van der Waals surface area contributed by atoms with Crippen molar-refractivity contribution in [3.05, 3.63) is 0 Å². The molecule has 0 fully saturated rings. The summed E-state index contributed by atoms with van der Waals surface area (Å²) in [5, 5.41) is 0. The van der Waals surface area contributed by atoms with Crippen molar-refractivity contribution < 1.29 is 19.1 Å². The first kappa shape index (κ1) is 10.8. The first-order valence-corrected chi connectivity index (χ1v) is 5.20. The fourth-order valence-corrected chi connectivity index (χ4v) is 1.06. The quantitative estimate of drug-likeness (QED) is 0.627. The molecule has 0 aromatic rings. The van der Waals surface area contributed by atoms with Crippen LogP contribution in [0.4, 0.5) is 0 Å². The summed E-state index contributed by atoms with van der Waals surface area (Å²) in [6.07, 6.45) is -0.355. The van der Waals surface area contributed by atoms with Crippen LogP contribution in [0.3, 0.4) is 0 Å². The van der Waals surface area contributed by atoms with Gasteiger partial charge in [-0.25, -0.2) is 0 Å². The van der Waals surface area contributed by atoms with Gasteiger partial charge in [0, 0.05) is 12.3 Å². The van der Waals surface area contributed by atoms with Gasteiger partial charge >= 0.3 is 7.60 Å². The highest BCUT2D eigenvalue weighted by atomic mass is 31.2. The molecule has 66 valence electrons. The molecule has 0 aliphatic rings. The summed E-state index contributed by atoms with van der Waals surface area (Å²) >= 11 is 0. The topological polar surface area (TPSA) is 74.6 Å². The summed E-state index contributed by atoms with van der Waals surface area (Å²) in [6.45, 7) is 3.42. The molecule has 4 nitrogen and oxygen atoms in total. The molecular formula is C6H13O4P. The molecule has 0 saturated heterocycles. The maximum absolute atomic E-state index is 10.8. The monoisotopic (exact) mass is 180 g/mol. The summed E-state index contributed by atoms with van der Waals surface area (Å²) < 4.78 is 10.3. The molecule has 0 radical (unpaired) electrons. The number of carbonyl (C=O) groups is 1. The second-order valence-corrected chi connectivity index (χ2v) is 4.54. The zero-order valence-corrected chi connectivity index (χ0v) is 7.54. The van der Waals surface area contributed by atoms with Crippen LogP contribution >= 0.6 is 7.60 Å². The number of carbonyl (C=O) groups excluding carboxylic acids is 1. The number of rotatable bonds is 4. The summed E-state index contributed by atoms with van der Waals surface area (Å²) in [4.78, 5) is 27.7. The predicted octanol–water partition coefficient (Wildman–Crippen LogP) is 0.779. The van der Waals surface area contributed by atoms with E-state index in [2.05, 4.69) is 0 Å². The molecule has 0 atom stereocenters. The highest BCUT2D eigenvalue weighted by molar-refractivity contribution is 7.51. The van der Waals surface area contributed by atoms with E-state index in [-0.39, 0.29) is 24.3 Å². The van der Waals surface area contributed by atoms with Crippen LogP contribution in [-0.2, 0) is 9.36 Å². The van der Waals surface area contributed by atoms with Gasteiger partial charge < -0.3 is 9.79 Å². The third kappa shape index (κ3) is 6.23.